The Labute approximate surface area is 126 Å². The quantitative estimate of drug-likeness (QED) is 0.899. The number of imidazole rings is 1. The number of nitrogens with two attached hydrogens (primary N) is 1. The van der Waals surface area contributed by atoms with Crippen LogP contribution in [0.4, 0.5) is 0 Å². The van der Waals surface area contributed by atoms with Crippen LogP contribution in [0.1, 0.15) is 26.7 Å². The first-order valence-electron chi connectivity index (χ1n) is 6.67. The molecule has 2 rings (SSSR count). The molecule has 6 nitrogen and oxygen atoms in total. The van der Waals surface area contributed by atoms with Gasteiger partial charge in [-0.15, -0.1) is 12.4 Å². The van der Waals surface area contributed by atoms with E-state index >= 15 is 0 Å². The molecule has 1 atom stereocenters. The maximum atomic E-state index is 12.4. The second-order valence-electron chi connectivity index (χ2n) is 5.57. The molecule has 1 saturated heterocycles. The number of nitrogens with zero attached hydrogens (tertiary/aromatic N) is 3. The van der Waals surface area contributed by atoms with E-state index in [1.54, 1.807) is 12.5 Å². The van der Waals surface area contributed by atoms with E-state index < -0.39 is 10.0 Å². The molecular formula is C12H23ClN4O2S. The Morgan fingerprint density at radius 2 is 2.20 bits per heavy atom. The maximum Gasteiger partial charge on any atom is 0.262 e. The highest BCUT2D eigenvalue weighted by molar-refractivity contribution is 7.89. The first kappa shape index (κ1) is 17.4. The van der Waals surface area contributed by atoms with E-state index in [1.165, 1.54) is 4.31 Å². The van der Waals surface area contributed by atoms with E-state index in [-0.39, 0.29) is 23.5 Å². The molecule has 0 saturated carbocycles. The summed E-state index contributed by atoms with van der Waals surface area (Å²) in [7, 11) is -3.49. The molecule has 1 aliphatic rings. The monoisotopic (exact) mass is 322 g/mol. The summed E-state index contributed by atoms with van der Waals surface area (Å²) in [5.41, 5.74) is 5.84. The zero-order chi connectivity index (χ0) is 14.0. The van der Waals surface area contributed by atoms with Gasteiger partial charge in [0.25, 0.3) is 10.0 Å². The molecule has 0 amide bonds. The third-order valence-corrected chi connectivity index (χ3v) is 4.96. The lowest BCUT2D eigenvalue weighted by molar-refractivity contribution is 0.315. The van der Waals surface area contributed by atoms with Gasteiger partial charge in [-0.3, -0.25) is 0 Å². The van der Waals surface area contributed by atoms with Crippen LogP contribution >= 0.6 is 12.4 Å². The summed E-state index contributed by atoms with van der Waals surface area (Å²) in [4.78, 5) is 4.03. The lowest BCUT2D eigenvalue weighted by Gasteiger charge is -2.29. The van der Waals surface area contributed by atoms with Crippen molar-refractivity contribution in [2.75, 3.05) is 13.1 Å². The van der Waals surface area contributed by atoms with E-state index in [0.29, 0.717) is 19.0 Å². The summed E-state index contributed by atoms with van der Waals surface area (Å²) in [6.45, 7) is 5.85. The first-order chi connectivity index (χ1) is 8.89. The number of aromatic nitrogens is 2. The third-order valence-electron chi connectivity index (χ3n) is 3.21. The van der Waals surface area contributed by atoms with Crippen molar-refractivity contribution < 1.29 is 8.42 Å². The summed E-state index contributed by atoms with van der Waals surface area (Å²) in [5, 5.41) is 0.127. The topological polar surface area (TPSA) is 81.2 Å². The molecule has 0 spiro atoms. The highest BCUT2D eigenvalue weighted by Crippen LogP contribution is 2.19. The minimum atomic E-state index is -3.49. The predicted octanol–water partition coefficient (Wildman–Crippen LogP) is 1.07. The van der Waals surface area contributed by atoms with Crippen LogP contribution in [0.25, 0.3) is 0 Å². The lowest BCUT2D eigenvalue weighted by Crippen LogP contribution is -2.45. The SMILES string of the molecule is CC(C)Cn1cnc(S(=O)(=O)N2CCCC(N)C2)c1.Cl. The fourth-order valence-electron chi connectivity index (χ4n) is 2.32. The molecule has 1 aliphatic heterocycles. The summed E-state index contributed by atoms with van der Waals surface area (Å²) in [6, 6.07) is -0.0683. The molecule has 0 aromatic carbocycles. The Bertz CT molecular complexity index is 529. The molecule has 0 radical (unpaired) electrons. The Balaban J connectivity index is 0.00000200. The fourth-order valence-corrected chi connectivity index (χ4v) is 3.79. The van der Waals surface area contributed by atoms with Crippen LogP contribution in [-0.4, -0.2) is 41.4 Å². The van der Waals surface area contributed by atoms with Crippen molar-refractivity contribution in [3.05, 3.63) is 12.5 Å². The highest BCUT2D eigenvalue weighted by Gasteiger charge is 2.30. The van der Waals surface area contributed by atoms with Gasteiger partial charge < -0.3 is 10.3 Å². The van der Waals surface area contributed by atoms with Gasteiger partial charge in [-0.2, -0.15) is 4.31 Å². The normalized spacial score (nSPS) is 20.9. The van der Waals surface area contributed by atoms with Gasteiger partial charge in [0.05, 0.1) is 6.33 Å². The molecule has 8 heteroatoms. The average molecular weight is 323 g/mol. The second-order valence-corrected chi connectivity index (χ2v) is 7.45. The Kier molecular flexibility index (Phi) is 6.00. The molecule has 0 aliphatic carbocycles. The van der Waals surface area contributed by atoms with Crippen LogP contribution < -0.4 is 5.73 Å². The molecular weight excluding hydrogens is 300 g/mol. The van der Waals surface area contributed by atoms with Gasteiger partial charge in [0.1, 0.15) is 0 Å². The summed E-state index contributed by atoms with van der Waals surface area (Å²) in [6.07, 6.45) is 4.88. The van der Waals surface area contributed by atoms with Crippen molar-refractivity contribution >= 4 is 22.4 Å². The number of sulfonamides is 1. The van der Waals surface area contributed by atoms with E-state index in [4.69, 9.17) is 5.73 Å². The Morgan fingerprint density at radius 3 is 2.80 bits per heavy atom. The second kappa shape index (κ2) is 6.89. The predicted molar refractivity (Wildman–Crippen MR) is 80.3 cm³/mol. The Hall–Kier alpha value is -0.630. The standard InChI is InChI=1S/C12H22N4O2S.ClH/c1-10(2)6-15-8-12(14-9-15)19(17,18)16-5-3-4-11(13)7-16;/h8-11H,3-7,13H2,1-2H3;1H. The van der Waals surface area contributed by atoms with Gasteiger partial charge in [-0.1, -0.05) is 13.8 Å². The highest BCUT2D eigenvalue weighted by atomic mass is 35.5. The van der Waals surface area contributed by atoms with Crippen LogP contribution in [0.3, 0.4) is 0 Å². The van der Waals surface area contributed by atoms with E-state index in [0.717, 1.165) is 19.4 Å². The molecule has 1 aromatic rings. The van der Waals surface area contributed by atoms with Crippen molar-refractivity contribution in [2.45, 2.75) is 44.3 Å². The molecule has 0 bridgehead atoms. The molecule has 2 heterocycles. The van der Waals surface area contributed by atoms with E-state index in [1.807, 2.05) is 4.57 Å². The van der Waals surface area contributed by atoms with Gasteiger partial charge in [-0.25, -0.2) is 13.4 Å². The number of hydrogen-bond donors (Lipinski definition) is 1. The van der Waals surface area contributed by atoms with Gasteiger partial charge in [0, 0.05) is 31.9 Å². The van der Waals surface area contributed by atoms with Crippen molar-refractivity contribution in [1.29, 1.82) is 0 Å². The third kappa shape index (κ3) is 3.94. The minimum Gasteiger partial charge on any atom is -0.336 e. The lowest BCUT2D eigenvalue weighted by atomic mass is 10.1. The smallest absolute Gasteiger partial charge is 0.262 e. The molecule has 2 N–H and O–H groups in total. The summed E-state index contributed by atoms with van der Waals surface area (Å²) < 4.78 is 28.1. The van der Waals surface area contributed by atoms with Gasteiger partial charge in [0.15, 0.2) is 5.03 Å². The minimum absolute atomic E-state index is 0. The van der Waals surface area contributed by atoms with Gasteiger partial charge in [-0.05, 0) is 18.8 Å². The molecule has 1 unspecified atom stereocenters. The molecule has 20 heavy (non-hydrogen) atoms. The maximum absolute atomic E-state index is 12.4. The zero-order valence-electron chi connectivity index (χ0n) is 11.9. The number of hydrogen-bond acceptors (Lipinski definition) is 4. The first-order valence-corrected chi connectivity index (χ1v) is 8.11. The van der Waals surface area contributed by atoms with E-state index in [9.17, 15) is 8.42 Å². The Morgan fingerprint density at radius 1 is 1.50 bits per heavy atom. The van der Waals surface area contributed by atoms with Crippen LogP contribution in [0, 0.1) is 5.92 Å². The molecule has 1 fully saturated rings. The molecule has 116 valence electrons. The van der Waals surface area contributed by atoms with Crippen LogP contribution in [0.15, 0.2) is 17.6 Å². The number of piperidine rings is 1. The van der Waals surface area contributed by atoms with Crippen LogP contribution in [0.5, 0.6) is 0 Å². The van der Waals surface area contributed by atoms with Crippen molar-refractivity contribution in [1.82, 2.24) is 13.9 Å². The number of rotatable bonds is 4. The van der Waals surface area contributed by atoms with Crippen LogP contribution in [-0.2, 0) is 16.6 Å². The van der Waals surface area contributed by atoms with Crippen molar-refractivity contribution in [2.24, 2.45) is 11.7 Å². The average Bonchev–Trinajstić information content (AvgIpc) is 2.77. The zero-order valence-corrected chi connectivity index (χ0v) is 13.5. The fraction of sp³-hybridized carbons (Fsp3) is 0.750. The van der Waals surface area contributed by atoms with Gasteiger partial charge >= 0.3 is 0 Å². The van der Waals surface area contributed by atoms with E-state index in [2.05, 4.69) is 18.8 Å². The van der Waals surface area contributed by atoms with Gasteiger partial charge in [0.2, 0.25) is 0 Å². The number of halogens is 1. The summed E-state index contributed by atoms with van der Waals surface area (Å²) in [5.74, 6) is 0.452. The van der Waals surface area contributed by atoms with Crippen molar-refractivity contribution in [3.63, 3.8) is 0 Å². The largest absolute Gasteiger partial charge is 0.336 e. The van der Waals surface area contributed by atoms with Crippen molar-refractivity contribution in [3.8, 4) is 0 Å². The summed E-state index contributed by atoms with van der Waals surface area (Å²) >= 11 is 0. The molecule has 1 aromatic heterocycles. The van der Waals surface area contributed by atoms with Crippen LogP contribution in [0.2, 0.25) is 0 Å².